The topological polar surface area (TPSA) is 145 Å². The summed E-state index contributed by atoms with van der Waals surface area (Å²) < 4.78 is 0. The molecule has 2 aliphatic heterocycles. The highest BCUT2D eigenvalue weighted by molar-refractivity contribution is 5.86. The van der Waals surface area contributed by atoms with Gasteiger partial charge in [0.1, 0.15) is 6.23 Å². The Morgan fingerprint density at radius 1 is 0.868 bits per heavy atom. The second kappa shape index (κ2) is 13.8. The van der Waals surface area contributed by atoms with Crippen molar-refractivity contribution in [3.05, 3.63) is 71.8 Å². The summed E-state index contributed by atoms with van der Waals surface area (Å²) in [5, 5.41) is 16.5. The Bertz CT molecular complexity index is 1080. The molecule has 10 nitrogen and oxygen atoms in total. The van der Waals surface area contributed by atoms with Gasteiger partial charge in [0.25, 0.3) is 0 Å². The fourth-order valence-electron chi connectivity index (χ4n) is 4.87. The van der Waals surface area contributed by atoms with Gasteiger partial charge in [-0.2, -0.15) is 0 Å². The molecule has 0 saturated heterocycles. The summed E-state index contributed by atoms with van der Waals surface area (Å²) in [6.07, 6.45) is 2.57. The molecule has 0 spiro atoms. The van der Waals surface area contributed by atoms with Gasteiger partial charge in [-0.15, -0.1) is 0 Å². The zero-order chi connectivity index (χ0) is 26.7. The highest BCUT2D eigenvalue weighted by Gasteiger charge is 2.26. The Kier molecular flexibility index (Phi) is 9.94. The second-order valence-corrected chi connectivity index (χ2v) is 9.97. The van der Waals surface area contributed by atoms with Crippen molar-refractivity contribution >= 4 is 17.8 Å². The molecule has 2 aromatic rings. The molecule has 10 heteroatoms. The summed E-state index contributed by atoms with van der Waals surface area (Å²) in [4.78, 5) is 25.2. The van der Waals surface area contributed by atoms with Crippen molar-refractivity contribution in [2.45, 2.75) is 44.0 Å². The summed E-state index contributed by atoms with van der Waals surface area (Å²) >= 11 is 0. The van der Waals surface area contributed by atoms with Gasteiger partial charge >= 0.3 is 0 Å². The van der Waals surface area contributed by atoms with Gasteiger partial charge in [-0.1, -0.05) is 60.7 Å². The molecule has 0 aromatic heterocycles. The van der Waals surface area contributed by atoms with Crippen molar-refractivity contribution in [1.29, 1.82) is 0 Å². The predicted octanol–water partition coefficient (Wildman–Crippen LogP) is 0.274. The lowest BCUT2D eigenvalue weighted by Gasteiger charge is -2.23. The number of carbonyl (C=O) groups is 1. The summed E-state index contributed by atoms with van der Waals surface area (Å²) in [5.41, 5.74) is 14.6. The molecule has 204 valence electrons. The number of nitrogens with two attached hydrogens (primary N) is 2. The van der Waals surface area contributed by atoms with Gasteiger partial charge in [0.05, 0.1) is 25.2 Å². The van der Waals surface area contributed by atoms with Crippen LogP contribution in [0, 0.1) is 0 Å². The SMILES string of the molecule is NC1=N[C@@H](Cc2ccccc2)CN1CC(=O)NCCCCNC(O)CN1C[C@H](Cc2ccccc2)N=C1N. The van der Waals surface area contributed by atoms with Gasteiger partial charge in [-0.3, -0.25) is 10.1 Å². The quantitative estimate of drug-likeness (QED) is 0.178. The molecule has 1 unspecified atom stereocenters. The van der Waals surface area contributed by atoms with Crippen LogP contribution in [-0.4, -0.2) is 90.3 Å². The van der Waals surface area contributed by atoms with Crippen molar-refractivity contribution in [2.75, 3.05) is 39.3 Å². The number of carbonyl (C=O) groups excluding carboxylic acids is 1. The Balaban J connectivity index is 1.04. The first kappa shape index (κ1) is 27.4. The molecule has 0 bridgehead atoms. The zero-order valence-electron chi connectivity index (χ0n) is 21.9. The number of unbranched alkanes of at least 4 members (excludes halogenated alkanes) is 1. The van der Waals surface area contributed by atoms with Gasteiger partial charge in [0, 0.05) is 19.6 Å². The third-order valence-corrected chi connectivity index (χ3v) is 6.80. The maximum Gasteiger partial charge on any atom is 0.239 e. The molecule has 0 saturated carbocycles. The van der Waals surface area contributed by atoms with Crippen LogP contribution in [0.1, 0.15) is 24.0 Å². The highest BCUT2D eigenvalue weighted by atomic mass is 16.3. The summed E-state index contributed by atoms with van der Waals surface area (Å²) in [7, 11) is 0. The lowest BCUT2D eigenvalue weighted by Crippen LogP contribution is -2.45. The lowest BCUT2D eigenvalue weighted by molar-refractivity contribution is -0.121. The first-order valence-corrected chi connectivity index (χ1v) is 13.4. The van der Waals surface area contributed by atoms with Crippen LogP contribution in [0.3, 0.4) is 0 Å². The maximum atomic E-state index is 12.4. The molecule has 2 heterocycles. The van der Waals surface area contributed by atoms with Crippen molar-refractivity contribution in [3.8, 4) is 0 Å². The van der Waals surface area contributed by atoms with E-state index in [0.717, 1.165) is 25.7 Å². The molecule has 1 amide bonds. The molecule has 2 aliphatic rings. The van der Waals surface area contributed by atoms with Gasteiger partial charge in [-0.25, -0.2) is 9.98 Å². The summed E-state index contributed by atoms with van der Waals surface area (Å²) in [5.74, 6) is 0.837. The van der Waals surface area contributed by atoms with Crippen LogP contribution >= 0.6 is 0 Å². The molecular weight excluding hydrogens is 480 g/mol. The van der Waals surface area contributed by atoms with Gasteiger partial charge in [0.2, 0.25) is 5.91 Å². The van der Waals surface area contributed by atoms with Crippen LogP contribution in [0.2, 0.25) is 0 Å². The number of aliphatic hydroxyl groups excluding tert-OH is 1. The van der Waals surface area contributed by atoms with E-state index in [4.69, 9.17) is 11.5 Å². The fraction of sp³-hybridized carbons (Fsp3) is 0.464. The van der Waals surface area contributed by atoms with E-state index in [-0.39, 0.29) is 24.5 Å². The van der Waals surface area contributed by atoms with Crippen LogP contribution in [0.4, 0.5) is 0 Å². The average Bonchev–Trinajstić information content (AvgIpc) is 3.42. The van der Waals surface area contributed by atoms with Crippen molar-refractivity contribution < 1.29 is 9.90 Å². The van der Waals surface area contributed by atoms with Crippen molar-refractivity contribution in [2.24, 2.45) is 21.5 Å². The van der Waals surface area contributed by atoms with E-state index in [2.05, 4.69) is 44.9 Å². The van der Waals surface area contributed by atoms with E-state index >= 15 is 0 Å². The van der Waals surface area contributed by atoms with E-state index in [0.29, 0.717) is 44.6 Å². The van der Waals surface area contributed by atoms with Crippen molar-refractivity contribution in [3.63, 3.8) is 0 Å². The van der Waals surface area contributed by atoms with Crippen LogP contribution in [-0.2, 0) is 17.6 Å². The number of amides is 1. The number of rotatable bonds is 14. The maximum absolute atomic E-state index is 12.4. The Hall–Kier alpha value is -3.63. The standard InChI is InChI=1S/C28H40N8O2/c29-27-33-23(15-21-9-3-1-4-10-21)17-35(27)19-25(37)31-13-7-8-14-32-26(38)20-36-18-24(34-28(36)30)16-22-11-5-2-6-12-22/h1-6,9-12,23-25,31,37H,7-8,13-20H2,(H2,29,33)(H2,30,34)(H,32,38)/t23-,24-,25?/m0/s1. The predicted molar refractivity (Wildman–Crippen MR) is 151 cm³/mol. The zero-order valence-corrected chi connectivity index (χ0v) is 21.9. The van der Waals surface area contributed by atoms with Gasteiger partial charge in [0.15, 0.2) is 11.9 Å². The minimum atomic E-state index is -0.699. The van der Waals surface area contributed by atoms with Crippen LogP contribution in [0.15, 0.2) is 70.6 Å². The Morgan fingerprint density at radius 2 is 1.39 bits per heavy atom. The first-order chi connectivity index (χ1) is 18.5. The molecule has 7 N–H and O–H groups in total. The molecular formula is C28H40N8O2. The van der Waals surface area contributed by atoms with Gasteiger partial charge < -0.3 is 31.7 Å². The number of hydrogen-bond acceptors (Lipinski definition) is 9. The Labute approximate surface area is 224 Å². The molecule has 0 fully saturated rings. The van der Waals surface area contributed by atoms with E-state index in [1.54, 1.807) is 0 Å². The normalized spacial score (nSPS) is 19.8. The van der Waals surface area contributed by atoms with E-state index in [1.807, 2.05) is 46.2 Å². The minimum absolute atomic E-state index is 0.0645. The van der Waals surface area contributed by atoms with E-state index < -0.39 is 6.23 Å². The molecule has 0 aliphatic carbocycles. The fourth-order valence-corrected chi connectivity index (χ4v) is 4.87. The largest absolute Gasteiger partial charge is 0.377 e. The molecule has 4 rings (SSSR count). The monoisotopic (exact) mass is 520 g/mol. The number of β-amino-alcohol motifs (C(OH)–C–C–N with tert-alkyl or cyclic N) is 1. The third-order valence-electron chi connectivity index (χ3n) is 6.80. The molecule has 0 radical (unpaired) electrons. The minimum Gasteiger partial charge on any atom is -0.377 e. The molecule has 3 atom stereocenters. The number of aliphatic imine (C=N–C) groups is 2. The molecule has 38 heavy (non-hydrogen) atoms. The molecule has 2 aromatic carbocycles. The number of benzene rings is 2. The smallest absolute Gasteiger partial charge is 0.239 e. The van der Waals surface area contributed by atoms with Crippen LogP contribution < -0.4 is 22.1 Å². The highest BCUT2D eigenvalue weighted by Crippen LogP contribution is 2.14. The van der Waals surface area contributed by atoms with Gasteiger partial charge in [-0.05, 0) is 43.4 Å². The number of aliphatic hydroxyl groups is 1. The number of guanidine groups is 2. The summed E-state index contributed by atoms with van der Waals surface area (Å²) in [6.45, 7) is 3.16. The number of nitrogens with one attached hydrogen (secondary N) is 2. The lowest BCUT2D eigenvalue weighted by atomic mass is 10.1. The van der Waals surface area contributed by atoms with Crippen LogP contribution in [0.25, 0.3) is 0 Å². The summed E-state index contributed by atoms with van der Waals surface area (Å²) in [6, 6.07) is 20.6. The third kappa shape index (κ3) is 8.46. The first-order valence-electron chi connectivity index (χ1n) is 13.4. The second-order valence-electron chi connectivity index (χ2n) is 9.97. The Morgan fingerprint density at radius 3 is 2.00 bits per heavy atom. The average molecular weight is 521 g/mol. The number of nitrogens with zero attached hydrogens (tertiary/aromatic N) is 4. The van der Waals surface area contributed by atoms with Crippen molar-refractivity contribution in [1.82, 2.24) is 20.4 Å². The van der Waals surface area contributed by atoms with Crippen LogP contribution in [0.5, 0.6) is 0 Å². The van der Waals surface area contributed by atoms with E-state index in [9.17, 15) is 9.90 Å². The number of hydrogen-bond donors (Lipinski definition) is 5. The van der Waals surface area contributed by atoms with E-state index in [1.165, 1.54) is 11.1 Å².